The van der Waals surface area contributed by atoms with E-state index in [0.29, 0.717) is 11.3 Å². The molecule has 2 aromatic rings. The summed E-state index contributed by atoms with van der Waals surface area (Å²) >= 11 is 9.43. The number of anilines is 1. The number of likely N-dealkylation sites (N-methyl/N-ethyl adjacent to an activating group) is 1. The van der Waals surface area contributed by atoms with Crippen LogP contribution < -0.4 is 4.90 Å². The van der Waals surface area contributed by atoms with Crippen molar-refractivity contribution in [3.8, 4) is 0 Å². The predicted molar refractivity (Wildman–Crippen MR) is 87.6 cm³/mol. The largest absolute Gasteiger partial charge is 0.309 e. The van der Waals surface area contributed by atoms with E-state index >= 15 is 0 Å². The molecule has 2 aromatic carbocycles. The summed E-state index contributed by atoms with van der Waals surface area (Å²) in [7, 11) is 1.56. The van der Waals surface area contributed by atoms with Gasteiger partial charge in [-0.3, -0.25) is 9.59 Å². The maximum Gasteiger partial charge on any atom is 0.296 e. The highest BCUT2D eigenvalue weighted by atomic mass is 79.9. The Morgan fingerprint density at radius 2 is 1.62 bits per heavy atom. The van der Waals surface area contributed by atoms with Crippen LogP contribution in [0.5, 0.6) is 0 Å². The molecule has 0 fully saturated rings. The van der Waals surface area contributed by atoms with E-state index in [2.05, 4.69) is 15.9 Å². The minimum atomic E-state index is -0.989. The van der Waals surface area contributed by atoms with Gasteiger partial charge in [-0.25, -0.2) is 0 Å². The number of Topliss-reactive ketones (excluding diaryl/α,β-unsaturated/α-hetero) is 1. The van der Waals surface area contributed by atoms with Gasteiger partial charge in [-0.05, 0) is 29.8 Å². The predicted octanol–water partition coefficient (Wildman–Crippen LogP) is 3.96. The molecular weight excluding hydrogens is 354 g/mol. The molecule has 0 N–H and O–H groups in total. The summed E-state index contributed by atoms with van der Waals surface area (Å²) in [6.07, 6.45) is 0. The molecule has 21 heavy (non-hydrogen) atoms. The van der Waals surface area contributed by atoms with Crippen LogP contribution in [0.2, 0.25) is 0 Å². The number of hydrogen-bond donors (Lipinski definition) is 0. The number of carbonyl (C=O) groups is 2. The third-order valence-corrected chi connectivity index (χ3v) is 4.03. The molecule has 0 aliphatic rings. The van der Waals surface area contributed by atoms with Gasteiger partial charge in [-0.2, -0.15) is 0 Å². The molecule has 0 spiro atoms. The standard InChI is InChI=1S/C16H13BrClNO2/c1-19(13-5-3-2-4-6-13)16(21)15(20)14(18)11-7-9-12(17)10-8-11/h2-10,14H,1H3/t14-/m0/s1. The highest BCUT2D eigenvalue weighted by Gasteiger charge is 2.28. The Bertz CT molecular complexity index is 643. The first kappa shape index (κ1) is 15.7. The number of halogens is 2. The average molecular weight is 367 g/mol. The lowest BCUT2D eigenvalue weighted by Gasteiger charge is -2.18. The van der Waals surface area contributed by atoms with Crippen LogP contribution in [0.25, 0.3) is 0 Å². The van der Waals surface area contributed by atoms with Gasteiger partial charge in [0.15, 0.2) is 0 Å². The van der Waals surface area contributed by atoms with Crippen molar-refractivity contribution in [2.24, 2.45) is 0 Å². The van der Waals surface area contributed by atoms with Crippen molar-refractivity contribution in [2.45, 2.75) is 5.38 Å². The molecule has 0 saturated carbocycles. The van der Waals surface area contributed by atoms with Gasteiger partial charge in [0, 0.05) is 17.2 Å². The van der Waals surface area contributed by atoms with E-state index in [9.17, 15) is 9.59 Å². The van der Waals surface area contributed by atoms with Crippen molar-refractivity contribution in [1.82, 2.24) is 0 Å². The third kappa shape index (κ3) is 3.71. The Morgan fingerprint density at radius 3 is 2.19 bits per heavy atom. The number of carbonyl (C=O) groups excluding carboxylic acids is 2. The van der Waals surface area contributed by atoms with Crippen molar-refractivity contribution in [1.29, 1.82) is 0 Å². The first-order chi connectivity index (χ1) is 10.0. The monoisotopic (exact) mass is 365 g/mol. The van der Waals surface area contributed by atoms with Gasteiger partial charge in [0.05, 0.1) is 0 Å². The topological polar surface area (TPSA) is 37.4 Å². The number of nitrogens with zero attached hydrogens (tertiary/aromatic N) is 1. The molecule has 1 atom stereocenters. The Balaban J connectivity index is 2.15. The zero-order valence-electron chi connectivity index (χ0n) is 11.3. The second kappa shape index (κ2) is 6.87. The smallest absolute Gasteiger partial charge is 0.296 e. The fourth-order valence-electron chi connectivity index (χ4n) is 1.83. The fraction of sp³-hybridized carbons (Fsp3) is 0.125. The van der Waals surface area contributed by atoms with E-state index in [1.54, 1.807) is 55.6 Å². The van der Waals surface area contributed by atoms with Crippen LogP contribution >= 0.6 is 27.5 Å². The molecule has 3 nitrogen and oxygen atoms in total. The molecular formula is C16H13BrClNO2. The Kier molecular flexibility index (Phi) is 5.15. The summed E-state index contributed by atoms with van der Waals surface area (Å²) in [5.74, 6) is -1.28. The molecule has 0 aliphatic carbocycles. The first-order valence-corrected chi connectivity index (χ1v) is 7.50. The van der Waals surface area contributed by atoms with Crippen molar-refractivity contribution in [3.05, 3.63) is 64.6 Å². The Labute approximate surface area is 136 Å². The molecule has 0 bridgehead atoms. The van der Waals surface area contributed by atoms with Gasteiger partial charge in [-0.1, -0.05) is 46.3 Å². The third-order valence-electron chi connectivity index (χ3n) is 3.05. The summed E-state index contributed by atoms with van der Waals surface area (Å²) in [6.45, 7) is 0. The molecule has 0 aliphatic heterocycles. The van der Waals surface area contributed by atoms with Crippen LogP contribution in [-0.4, -0.2) is 18.7 Å². The van der Waals surface area contributed by atoms with Gasteiger partial charge < -0.3 is 4.90 Å². The number of rotatable bonds is 4. The second-order valence-corrected chi connectivity index (χ2v) is 5.83. The molecule has 5 heteroatoms. The molecule has 108 valence electrons. The Morgan fingerprint density at radius 1 is 1.05 bits per heavy atom. The van der Waals surface area contributed by atoms with E-state index in [0.717, 1.165) is 4.47 Å². The van der Waals surface area contributed by atoms with Crippen molar-refractivity contribution >= 4 is 44.9 Å². The summed E-state index contributed by atoms with van der Waals surface area (Å²) in [5, 5.41) is -0.989. The second-order valence-electron chi connectivity index (χ2n) is 4.48. The number of benzene rings is 2. The van der Waals surface area contributed by atoms with E-state index in [1.165, 1.54) is 4.90 Å². The number of amides is 1. The molecule has 0 aromatic heterocycles. The molecule has 1 amide bonds. The molecule has 0 unspecified atom stereocenters. The van der Waals surface area contributed by atoms with Crippen LogP contribution in [0.15, 0.2) is 59.1 Å². The highest BCUT2D eigenvalue weighted by molar-refractivity contribution is 9.10. The van der Waals surface area contributed by atoms with Gasteiger partial charge in [0.25, 0.3) is 5.91 Å². The SMILES string of the molecule is CN(C(=O)C(=O)[C@@H](Cl)c1ccc(Br)cc1)c1ccccc1. The molecule has 0 heterocycles. The van der Waals surface area contributed by atoms with Crippen molar-refractivity contribution in [2.75, 3.05) is 11.9 Å². The number of para-hydroxylation sites is 1. The fourth-order valence-corrected chi connectivity index (χ4v) is 2.33. The van der Waals surface area contributed by atoms with Gasteiger partial charge in [0.2, 0.25) is 5.78 Å². The van der Waals surface area contributed by atoms with Crippen LogP contribution in [0.3, 0.4) is 0 Å². The molecule has 0 saturated heterocycles. The van der Waals surface area contributed by atoms with Crippen LogP contribution in [0, 0.1) is 0 Å². The van der Waals surface area contributed by atoms with Gasteiger partial charge in [0.1, 0.15) is 5.38 Å². The van der Waals surface area contributed by atoms with E-state index < -0.39 is 17.1 Å². The quantitative estimate of drug-likeness (QED) is 0.607. The summed E-state index contributed by atoms with van der Waals surface area (Å²) in [5.41, 5.74) is 1.25. The summed E-state index contributed by atoms with van der Waals surface area (Å²) in [6, 6.07) is 16.0. The highest BCUT2D eigenvalue weighted by Crippen LogP contribution is 2.25. The lowest BCUT2D eigenvalue weighted by Crippen LogP contribution is -2.35. The maximum atomic E-state index is 12.2. The van der Waals surface area contributed by atoms with Crippen molar-refractivity contribution < 1.29 is 9.59 Å². The minimum absolute atomic E-state index is 0.597. The van der Waals surface area contributed by atoms with Crippen molar-refractivity contribution in [3.63, 3.8) is 0 Å². The molecule has 0 radical (unpaired) electrons. The van der Waals surface area contributed by atoms with Crippen LogP contribution in [0.4, 0.5) is 5.69 Å². The zero-order valence-corrected chi connectivity index (χ0v) is 13.6. The number of hydrogen-bond acceptors (Lipinski definition) is 2. The lowest BCUT2D eigenvalue weighted by molar-refractivity contribution is -0.135. The number of ketones is 1. The molecule has 2 rings (SSSR count). The minimum Gasteiger partial charge on any atom is -0.309 e. The van der Waals surface area contributed by atoms with E-state index in [4.69, 9.17) is 11.6 Å². The van der Waals surface area contributed by atoms with Crippen LogP contribution in [-0.2, 0) is 9.59 Å². The van der Waals surface area contributed by atoms with Crippen LogP contribution in [0.1, 0.15) is 10.9 Å². The maximum absolute atomic E-state index is 12.2. The first-order valence-electron chi connectivity index (χ1n) is 6.27. The van der Waals surface area contributed by atoms with Gasteiger partial charge in [-0.15, -0.1) is 11.6 Å². The normalized spacial score (nSPS) is 11.8. The average Bonchev–Trinajstić information content (AvgIpc) is 2.53. The van der Waals surface area contributed by atoms with Gasteiger partial charge >= 0.3 is 0 Å². The summed E-state index contributed by atoms with van der Waals surface area (Å²) in [4.78, 5) is 25.7. The lowest BCUT2D eigenvalue weighted by atomic mass is 10.1. The van der Waals surface area contributed by atoms with E-state index in [-0.39, 0.29) is 0 Å². The number of alkyl halides is 1. The zero-order chi connectivity index (χ0) is 15.4. The Hall–Kier alpha value is -1.65. The van der Waals surface area contributed by atoms with E-state index in [1.807, 2.05) is 6.07 Å². The summed E-state index contributed by atoms with van der Waals surface area (Å²) < 4.78 is 0.885.